The van der Waals surface area contributed by atoms with Crippen LogP contribution in [0.2, 0.25) is 0 Å². The Morgan fingerprint density at radius 3 is 2.12 bits per heavy atom. The van der Waals surface area contributed by atoms with Crippen molar-refractivity contribution in [2.75, 3.05) is 6.54 Å². The molecule has 4 amide bonds. The second-order valence-corrected chi connectivity index (χ2v) is 8.09. The van der Waals surface area contributed by atoms with E-state index < -0.39 is 42.3 Å². The minimum Gasteiger partial charge on any atom is -0.508 e. The Kier molecular flexibility index (Phi) is 11.4. The molecule has 0 aliphatic carbocycles. The molecule has 0 spiro atoms. The number of carbonyl (C=O) groups is 5. The number of aromatic hydroxyl groups is 1. The standard InChI is InChI=1S/C22H32N4O7/c1-13(2)11-17(25-19(29)10-5-14-3-6-15(27)7-4-14)22(33)26-16(8-9-18(23)28)21(32)24-12-20(30)31/h3-4,6-7,13,16-17,27H,5,8-12H2,1-2H3,(H2,23,28)(H,24,32)(H,25,29)(H,26,33)(H,30,31)/t16?,17-/m0/s1. The first-order valence-electron chi connectivity index (χ1n) is 10.6. The zero-order chi connectivity index (χ0) is 25.0. The SMILES string of the molecule is CC(C)C[C@H](NC(=O)CCc1ccc(O)cc1)C(=O)NC(CCC(N)=O)C(=O)NCC(=O)O. The number of hydrogen-bond acceptors (Lipinski definition) is 6. The molecule has 1 aromatic carbocycles. The molecule has 1 unspecified atom stereocenters. The van der Waals surface area contributed by atoms with Crippen LogP contribution in [0.15, 0.2) is 24.3 Å². The highest BCUT2D eigenvalue weighted by molar-refractivity contribution is 5.93. The van der Waals surface area contributed by atoms with Gasteiger partial charge in [0, 0.05) is 12.8 Å². The predicted molar refractivity (Wildman–Crippen MR) is 119 cm³/mol. The summed E-state index contributed by atoms with van der Waals surface area (Å²) in [5.41, 5.74) is 5.97. The number of carboxylic acids is 1. The molecule has 0 saturated carbocycles. The summed E-state index contributed by atoms with van der Waals surface area (Å²) in [6.45, 7) is 3.09. The van der Waals surface area contributed by atoms with Gasteiger partial charge in [-0.15, -0.1) is 0 Å². The van der Waals surface area contributed by atoms with E-state index in [-0.39, 0.29) is 36.8 Å². The van der Waals surface area contributed by atoms with Gasteiger partial charge in [-0.25, -0.2) is 0 Å². The number of benzene rings is 1. The lowest BCUT2D eigenvalue weighted by molar-refractivity contribution is -0.138. The third kappa shape index (κ3) is 11.5. The van der Waals surface area contributed by atoms with Crippen molar-refractivity contribution in [3.63, 3.8) is 0 Å². The van der Waals surface area contributed by atoms with E-state index in [1.54, 1.807) is 12.1 Å². The van der Waals surface area contributed by atoms with Gasteiger partial charge in [-0.3, -0.25) is 24.0 Å². The van der Waals surface area contributed by atoms with Crippen molar-refractivity contribution in [1.29, 1.82) is 0 Å². The number of carbonyl (C=O) groups excluding carboxylic acids is 4. The van der Waals surface area contributed by atoms with Gasteiger partial charge in [0.2, 0.25) is 23.6 Å². The van der Waals surface area contributed by atoms with E-state index in [1.807, 2.05) is 13.8 Å². The monoisotopic (exact) mass is 464 g/mol. The van der Waals surface area contributed by atoms with Gasteiger partial charge in [-0.2, -0.15) is 0 Å². The highest BCUT2D eigenvalue weighted by atomic mass is 16.4. The Morgan fingerprint density at radius 2 is 1.58 bits per heavy atom. The third-order valence-corrected chi connectivity index (χ3v) is 4.66. The van der Waals surface area contributed by atoms with Crippen LogP contribution >= 0.6 is 0 Å². The fraction of sp³-hybridized carbons (Fsp3) is 0.500. The molecular formula is C22H32N4O7. The number of nitrogens with one attached hydrogen (secondary N) is 3. The van der Waals surface area contributed by atoms with E-state index in [2.05, 4.69) is 16.0 Å². The molecule has 11 heteroatoms. The molecule has 0 aromatic heterocycles. The van der Waals surface area contributed by atoms with Crippen LogP contribution in [0.25, 0.3) is 0 Å². The molecule has 0 saturated heterocycles. The lowest BCUT2D eigenvalue weighted by atomic mass is 10.0. The summed E-state index contributed by atoms with van der Waals surface area (Å²) in [5.74, 6) is -3.54. The number of amides is 4. The van der Waals surface area contributed by atoms with Crippen molar-refractivity contribution in [2.45, 2.75) is 58.0 Å². The Balaban J connectivity index is 2.80. The van der Waals surface area contributed by atoms with E-state index in [9.17, 15) is 29.1 Å². The van der Waals surface area contributed by atoms with Crippen LogP contribution in [0.3, 0.4) is 0 Å². The summed E-state index contributed by atoms with van der Waals surface area (Å²) in [6.07, 6.45) is 0.503. The van der Waals surface area contributed by atoms with Gasteiger partial charge in [0.1, 0.15) is 24.4 Å². The lowest BCUT2D eigenvalue weighted by Crippen LogP contribution is -2.54. The van der Waals surface area contributed by atoms with Gasteiger partial charge in [-0.05, 0) is 42.9 Å². The molecular weight excluding hydrogens is 432 g/mol. The van der Waals surface area contributed by atoms with Crippen molar-refractivity contribution in [1.82, 2.24) is 16.0 Å². The quantitative estimate of drug-likeness (QED) is 0.220. The van der Waals surface area contributed by atoms with Crippen LogP contribution in [0, 0.1) is 5.92 Å². The molecule has 182 valence electrons. The number of hydrogen-bond donors (Lipinski definition) is 6. The zero-order valence-corrected chi connectivity index (χ0v) is 18.8. The second kappa shape index (κ2) is 13.7. The fourth-order valence-corrected chi connectivity index (χ4v) is 3.00. The van der Waals surface area contributed by atoms with Crippen LogP contribution in [-0.4, -0.2) is 58.4 Å². The predicted octanol–water partition coefficient (Wildman–Crippen LogP) is -0.193. The third-order valence-electron chi connectivity index (χ3n) is 4.66. The highest BCUT2D eigenvalue weighted by Gasteiger charge is 2.27. The van der Waals surface area contributed by atoms with Crippen LogP contribution in [-0.2, 0) is 30.4 Å². The van der Waals surface area contributed by atoms with Crippen LogP contribution in [0.5, 0.6) is 5.75 Å². The number of carboxylic acid groups (broad SMARTS) is 1. The Morgan fingerprint density at radius 1 is 0.939 bits per heavy atom. The van der Waals surface area contributed by atoms with Crippen molar-refractivity contribution >= 4 is 29.6 Å². The van der Waals surface area contributed by atoms with Crippen molar-refractivity contribution in [3.05, 3.63) is 29.8 Å². The zero-order valence-electron chi connectivity index (χ0n) is 18.8. The maximum absolute atomic E-state index is 12.9. The van der Waals surface area contributed by atoms with Crippen molar-refractivity contribution in [2.24, 2.45) is 11.7 Å². The minimum atomic E-state index is -1.26. The van der Waals surface area contributed by atoms with E-state index in [0.29, 0.717) is 12.8 Å². The van der Waals surface area contributed by atoms with Gasteiger partial charge in [0.15, 0.2) is 0 Å². The molecule has 33 heavy (non-hydrogen) atoms. The summed E-state index contributed by atoms with van der Waals surface area (Å²) >= 11 is 0. The number of aryl methyl sites for hydroxylation is 1. The number of rotatable bonds is 14. The maximum atomic E-state index is 12.9. The summed E-state index contributed by atoms with van der Waals surface area (Å²) in [6, 6.07) is 4.31. The van der Waals surface area contributed by atoms with Gasteiger partial charge < -0.3 is 31.9 Å². The average molecular weight is 465 g/mol. The van der Waals surface area contributed by atoms with Gasteiger partial charge in [0.05, 0.1) is 0 Å². The molecule has 11 nitrogen and oxygen atoms in total. The Labute approximate surface area is 192 Å². The second-order valence-electron chi connectivity index (χ2n) is 8.09. The largest absolute Gasteiger partial charge is 0.508 e. The topological polar surface area (TPSA) is 188 Å². The lowest BCUT2D eigenvalue weighted by Gasteiger charge is -2.24. The molecule has 0 bridgehead atoms. The first-order chi connectivity index (χ1) is 15.5. The maximum Gasteiger partial charge on any atom is 0.322 e. The summed E-state index contributed by atoms with van der Waals surface area (Å²) in [5, 5.41) is 25.4. The summed E-state index contributed by atoms with van der Waals surface area (Å²) in [4.78, 5) is 59.4. The van der Waals surface area contributed by atoms with Gasteiger partial charge >= 0.3 is 5.97 Å². The molecule has 1 rings (SSSR count). The number of aliphatic carboxylic acids is 1. The molecule has 0 fully saturated rings. The molecule has 0 aliphatic rings. The van der Waals surface area contributed by atoms with E-state index >= 15 is 0 Å². The first-order valence-corrected chi connectivity index (χ1v) is 10.6. The fourth-order valence-electron chi connectivity index (χ4n) is 3.00. The normalized spacial score (nSPS) is 12.5. The van der Waals surface area contributed by atoms with Gasteiger partial charge in [-0.1, -0.05) is 26.0 Å². The molecule has 1 aromatic rings. The van der Waals surface area contributed by atoms with E-state index in [1.165, 1.54) is 12.1 Å². The molecule has 7 N–H and O–H groups in total. The smallest absolute Gasteiger partial charge is 0.322 e. The summed E-state index contributed by atoms with van der Waals surface area (Å²) < 4.78 is 0. The van der Waals surface area contributed by atoms with Gasteiger partial charge in [0.25, 0.3) is 0 Å². The molecule has 2 atom stereocenters. The molecule has 0 aliphatic heterocycles. The molecule has 0 radical (unpaired) electrons. The Hall–Kier alpha value is -3.63. The van der Waals surface area contributed by atoms with Crippen molar-refractivity contribution in [3.8, 4) is 5.75 Å². The van der Waals surface area contributed by atoms with Crippen LogP contribution in [0.4, 0.5) is 0 Å². The minimum absolute atomic E-state index is 0.0445. The number of nitrogens with two attached hydrogens (primary N) is 1. The molecule has 0 heterocycles. The number of phenols is 1. The number of phenolic OH excluding ortho intramolecular Hbond substituents is 1. The number of primary amides is 1. The Bertz CT molecular complexity index is 840. The van der Waals surface area contributed by atoms with Crippen molar-refractivity contribution < 1.29 is 34.2 Å². The van der Waals surface area contributed by atoms with E-state index in [4.69, 9.17) is 10.8 Å². The van der Waals surface area contributed by atoms with Crippen LogP contribution in [0.1, 0.15) is 45.1 Å². The highest BCUT2D eigenvalue weighted by Crippen LogP contribution is 2.12. The van der Waals surface area contributed by atoms with Crippen LogP contribution < -0.4 is 21.7 Å². The van der Waals surface area contributed by atoms with E-state index in [0.717, 1.165) is 5.56 Å². The first kappa shape index (κ1) is 27.4. The summed E-state index contributed by atoms with van der Waals surface area (Å²) in [7, 11) is 0. The average Bonchev–Trinajstić information content (AvgIpc) is 2.73.